The molecule has 1 aromatic carbocycles. The summed E-state index contributed by atoms with van der Waals surface area (Å²) in [6, 6.07) is 10.1. The van der Waals surface area contributed by atoms with E-state index < -0.39 is 0 Å². The van der Waals surface area contributed by atoms with E-state index in [2.05, 4.69) is 35.2 Å². The van der Waals surface area contributed by atoms with Gasteiger partial charge in [-0.3, -0.25) is 4.68 Å². The number of nitrogens with two attached hydrogens (primary N) is 1. The normalized spacial score (nSPS) is 11.1. The minimum atomic E-state index is 0.816. The zero-order valence-corrected chi connectivity index (χ0v) is 11.0. The lowest BCUT2D eigenvalue weighted by atomic mass is 10.2. The van der Waals surface area contributed by atoms with Crippen molar-refractivity contribution in [2.75, 3.05) is 19.3 Å². The van der Waals surface area contributed by atoms with E-state index in [0.717, 1.165) is 25.2 Å². The molecule has 0 unspecified atom stereocenters. The van der Waals surface area contributed by atoms with Crippen LogP contribution in [0.3, 0.4) is 0 Å². The lowest BCUT2D eigenvalue weighted by Crippen LogP contribution is -2.21. The Balaban J connectivity index is 1.83. The first-order valence-electron chi connectivity index (χ1n) is 6.15. The number of likely N-dealkylation sites (N-methyl/N-ethyl adjacent to an activating group) is 1. The predicted octanol–water partition coefficient (Wildman–Crippen LogP) is 1.68. The number of aromatic nitrogens is 2. The molecule has 0 spiro atoms. The second-order valence-corrected chi connectivity index (χ2v) is 4.68. The van der Waals surface area contributed by atoms with Gasteiger partial charge in [0, 0.05) is 44.1 Å². The summed E-state index contributed by atoms with van der Waals surface area (Å²) in [5.41, 5.74) is 9.04. The largest absolute Gasteiger partial charge is 0.399 e. The molecule has 0 aliphatic carbocycles. The van der Waals surface area contributed by atoms with E-state index in [1.807, 2.05) is 30.1 Å². The molecule has 0 aliphatic heterocycles. The van der Waals surface area contributed by atoms with Gasteiger partial charge in [-0.05, 0) is 30.8 Å². The third-order valence-corrected chi connectivity index (χ3v) is 3.10. The fraction of sp³-hybridized carbons (Fsp3) is 0.357. The molecule has 4 nitrogen and oxygen atoms in total. The first-order valence-corrected chi connectivity index (χ1v) is 6.15. The molecule has 0 fully saturated rings. The van der Waals surface area contributed by atoms with Crippen LogP contribution in [0.5, 0.6) is 0 Å². The Morgan fingerprint density at radius 3 is 2.56 bits per heavy atom. The van der Waals surface area contributed by atoms with Crippen molar-refractivity contribution >= 4 is 5.69 Å². The second kappa shape index (κ2) is 5.69. The number of hydrogen-bond acceptors (Lipinski definition) is 3. The Labute approximate surface area is 108 Å². The summed E-state index contributed by atoms with van der Waals surface area (Å²) in [6.07, 6.45) is 2.86. The van der Waals surface area contributed by atoms with Gasteiger partial charge in [0.15, 0.2) is 0 Å². The summed E-state index contributed by atoms with van der Waals surface area (Å²) in [5, 5.41) is 4.17. The van der Waals surface area contributed by atoms with Crippen LogP contribution in [0.4, 0.5) is 5.69 Å². The van der Waals surface area contributed by atoms with Gasteiger partial charge in [0.2, 0.25) is 0 Å². The van der Waals surface area contributed by atoms with Gasteiger partial charge in [-0.2, -0.15) is 5.10 Å². The number of anilines is 1. The summed E-state index contributed by atoms with van der Waals surface area (Å²) in [6.45, 7) is 1.96. The highest BCUT2D eigenvalue weighted by molar-refractivity contribution is 5.39. The lowest BCUT2D eigenvalue weighted by Gasteiger charge is -2.16. The number of hydrogen-bond donors (Lipinski definition) is 1. The molecule has 96 valence electrons. The van der Waals surface area contributed by atoms with Gasteiger partial charge in [-0.25, -0.2) is 0 Å². The topological polar surface area (TPSA) is 47.1 Å². The third kappa shape index (κ3) is 3.34. The Kier molecular flexibility index (Phi) is 3.99. The minimum absolute atomic E-state index is 0.816. The number of nitrogens with zero attached hydrogens (tertiary/aromatic N) is 3. The first kappa shape index (κ1) is 12.6. The standard InChI is InChI=1S/C14H20N4/c1-17(10-8-14-7-9-16-18(14)2)11-12-3-5-13(15)6-4-12/h3-7,9H,8,10-11,15H2,1-2H3. The molecule has 18 heavy (non-hydrogen) atoms. The quantitative estimate of drug-likeness (QED) is 0.814. The van der Waals surface area contributed by atoms with E-state index in [9.17, 15) is 0 Å². The van der Waals surface area contributed by atoms with Gasteiger partial charge in [-0.1, -0.05) is 12.1 Å². The molecule has 0 amide bonds. The van der Waals surface area contributed by atoms with Crippen LogP contribution in [0.25, 0.3) is 0 Å². The molecule has 1 aromatic heterocycles. The monoisotopic (exact) mass is 244 g/mol. The van der Waals surface area contributed by atoms with E-state index >= 15 is 0 Å². The van der Waals surface area contributed by atoms with Crippen LogP contribution >= 0.6 is 0 Å². The molecule has 1 heterocycles. The van der Waals surface area contributed by atoms with Crippen LogP contribution in [0.15, 0.2) is 36.5 Å². The number of aryl methyl sites for hydroxylation is 1. The van der Waals surface area contributed by atoms with E-state index in [1.165, 1.54) is 11.3 Å². The van der Waals surface area contributed by atoms with E-state index in [0.29, 0.717) is 0 Å². The van der Waals surface area contributed by atoms with Crippen molar-refractivity contribution in [1.29, 1.82) is 0 Å². The molecule has 0 bridgehead atoms. The van der Waals surface area contributed by atoms with Crippen molar-refractivity contribution in [3.63, 3.8) is 0 Å². The van der Waals surface area contributed by atoms with Gasteiger partial charge >= 0.3 is 0 Å². The Morgan fingerprint density at radius 1 is 1.22 bits per heavy atom. The molecule has 0 saturated carbocycles. The zero-order valence-electron chi connectivity index (χ0n) is 11.0. The highest BCUT2D eigenvalue weighted by Crippen LogP contribution is 2.08. The molecule has 2 N–H and O–H groups in total. The Morgan fingerprint density at radius 2 is 1.94 bits per heavy atom. The van der Waals surface area contributed by atoms with E-state index in [1.54, 1.807) is 0 Å². The Bertz CT molecular complexity index is 487. The average Bonchev–Trinajstić information content (AvgIpc) is 2.75. The summed E-state index contributed by atoms with van der Waals surface area (Å²) >= 11 is 0. The SMILES string of the molecule is CN(CCc1ccnn1C)Cc1ccc(N)cc1. The van der Waals surface area contributed by atoms with Crippen molar-refractivity contribution in [1.82, 2.24) is 14.7 Å². The highest BCUT2D eigenvalue weighted by atomic mass is 15.3. The maximum Gasteiger partial charge on any atom is 0.0492 e. The van der Waals surface area contributed by atoms with Crippen LogP contribution in [0, 0.1) is 0 Å². The van der Waals surface area contributed by atoms with Crippen LogP contribution in [-0.4, -0.2) is 28.3 Å². The molecule has 0 aliphatic rings. The van der Waals surface area contributed by atoms with Crippen molar-refractivity contribution in [3.05, 3.63) is 47.8 Å². The van der Waals surface area contributed by atoms with Gasteiger partial charge in [0.05, 0.1) is 0 Å². The average molecular weight is 244 g/mol. The van der Waals surface area contributed by atoms with Crippen LogP contribution in [0.2, 0.25) is 0 Å². The molecule has 2 rings (SSSR count). The molecule has 2 aromatic rings. The van der Waals surface area contributed by atoms with Crippen LogP contribution in [-0.2, 0) is 20.0 Å². The lowest BCUT2D eigenvalue weighted by molar-refractivity contribution is 0.328. The molecule has 0 saturated heterocycles. The summed E-state index contributed by atoms with van der Waals surface area (Å²) in [4.78, 5) is 2.30. The first-order chi connectivity index (χ1) is 8.65. The Hall–Kier alpha value is -1.81. The summed E-state index contributed by atoms with van der Waals surface area (Å²) in [7, 11) is 4.11. The third-order valence-electron chi connectivity index (χ3n) is 3.10. The van der Waals surface area contributed by atoms with Crippen molar-refractivity contribution in [3.8, 4) is 0 Å². The fourth-order valence-corrected chi connectivity index (χ4v) is 1.97. The smallest absolute Gasteiger partial charge is 0.0492 e. The van der Waals surface area contributed by atoms with Crippen LogP contribution < -0.4 is 5.73 Å². The predicted molar refractivity (Wildman–Crippen MR) is 74.1 cm³/mol. The molecule has 4 heteroatoms. The van der Waals surface area contributed by atoms with Crippen LogP contribution in [0.1, 0.15) is 11.3 Å². The maximum absolute atomic E-state index is 5.67. The highest BCUT2D eigenvalue weighted by Gasteiger charge is 2.03. The number of rotatable bonds is 5. The van der Waals surface area contributed by atoms with Gasteiger partial charge in [0.1, 0.15) is 0 Å². The molecular formula is C14H20N4. The number of benzene rings is 1. The van der Waals surface area contributed by atoms with E-state index in [4.69, 9.17) is 5.73 Å². The minimum Gasteiger partial charge on any atom is -0.399 e. The van der Waals surface area contributed by atoms with Crippen molar-refractivity contribution in [2.45, 2.75) is 13.0 Å². The van der Waals surface area contributed by atoms with Gasteiger partial charge < -0.3 is 10.6 Å². The van der Waals surface area contributed by atoms with Crippen molar-refractivity contribution in [2.24, 2.45) is 7.05 Å². The van der Waals surface area contributed by atoms with Gasteiger partial charge in [-0.15, -0.1) is 0 Å². The molecule has 0 atom stereocenters. The maximum atomic E-state index is 5.67. The zero-order chi connectivity index (χ0) is 13.0. The van der Waals surface area contributed by atoms with Crippen molar-refractivity contribution < 1.29 is 0 Å². The van der Waals surface area contributed by atoms with Gasteiger partial charge in [0.25, 0.3) is 0 Å². The molecular weight excluding hydrogens is 224 g/mol. The number of nitrogen functional groups attached to an aromatic ring is 1. The second-order valence-electron chi connectivity index (χ2n) is 4.68. The van der Waals surface area contributed by atoms with E-state index in [-0.39, 0.29) is 0 Å². The summed E-state index contributed by atoms with van der Waals surface area (Å²) < 4.78 is 1.93. The molecule has 0 radical (unpaired) electrons. The summed E-state index contributed by atoms with van der Waals surface area (Å²) in [5.74, 6) is 0. The fourth-order valence-electron chi connectivity index (χ4n) is 1.97.